The molecule has 0 amide bonds. The quantitative estimate of drug-likeness (QED) is 0.314. The summed E-state index contributed by atoms with van der Waals surface area (Å²) in [6.45, 7) is 0.306. The van der Waals surface area contributed by atoms with Gasteiger partial charge < -0.3 is 5.11 Å². The van der Waals surface area contributed by atoms with Crippen LogP contribution < -0.4 is 0 Å². The van der Waals surface area contributed by atoms with Gasteiger partial charge in [-0.1, -0.05) is 0 Å². The fourth-order valence-electron chi connectivity index (χ4n) is 0.224. The van der Waals surface area contributed by atoms with Crippen LogP contribution in [0.3, 0.4) is 0 Å². The Morgan fingerprint density at radius 1 is 1.29 bits per heavy atom. The average molecular weight is 130 g/mol. The van der Waals surface area contributed by atoms with Gasteiger partial charge in [0, 0.05) is 6.61 Å². The molecule has 0 aromatic carbocycles. The number of thiol groups is 1. The topological polar surface area (TPSA) is 20.2 Å². The average Bonchev–Trinajstić information content (AvgIpc) is 1.61. The van der Waals surface area contributed by atoms with E-state index in [-0.39, 0.29) is 29.6 Å². The molecule has 0 aromatic heterocycles. The number of aliphatic hydroxyl groups excluding tert-OH is 1. The fourth-order valence-corrected chi connectivity index (χ4v) is 0.447. The van der Waals surface area contributed by atoms with Gasteiger partial charge in [0.15, 0.2) is 0 Å². The first-order valence-electron chi connectivity index (χ1n) is 2.13. The van der Waals surface area contributed by atoms with E-state index in [1.807, 2.05) is 0 Å². The van der Waals surface area contributed by atoms with Crippen LogP contribution in [0.25, 0.3) is 0 Å². The van der Waals surface area contributed by atoms with Gasteiger partial charge in [-0.05, 0) is 18.6 Å². The van der Waals surface area contributed by atoms with Crippen molar-refractivity contribution in [1.82, 2.24) is 0 Å². The SMILES string of the molecule is OCCCCS.[NaH]. The zero-order chi connectivity index (χ0) is 4.83. The number of hydrogen-bond acceptors (Lipinski definition) is 2. The van der Waals surface area contributed by atoms with Crippen molar-refractivity contribution in [2.45, 2.75) is 12.8 Å². The molecule has 0 saturated carbocycles. The second-order valence-electron chi connectivity index (χ2n) is 1.15. The van der Waals surface area contributed by atoms with E-state index in [0.717, 1.165) is 18.6 Å². The van der Waals surface area contributed by atoms with E-state index in [2.05, 4.69) is 12.6 Å². The summed E-state index contributed by atoms with van der Waals surface area (Å²) in [6, 6.07) is 0. The van der Waals surface area contributed by atoms with E-state index in [1.165, 1.54) is 0 Å². The van der Waals surface area contributed by atoms with Crippen molar-refractivity contribution < 1.29 is 5.11 Å². The third-order valence-corrected chi connectivity index (χ3v) is 0.882. The molecule has 0 fully saturated rings. The predicted octanol–water partition coefficient (Wildman–Crippen LogP) is 0.0402. The van der Waals surface area contributed by atoms with E-state index >= 15 is 0 Å². The van der Waals surface area contributed by atoms with Gasteiger partial charge in [-0.15, -0.1) is 0 Å². The van der Waals surface area contributed by atoms with Crippen LogP contribution in [-0.2, 0) is 0 Å². The molecule has 3 heteroatoms. The summed E-state index contributed by atoms with van der Waals surface area (Å²) in [6.07, 6.45) is 1.92. The van der Waals surface area contributed by atoms with Gasteiger partial charge in [-0.25, -0.2) is 0 Å². The molecular weight excluding hydrogens is 119 g/mol. The minimum absolute atomic E-state index is 0. The molecule has 0 aliphatic heterocycles. The molecule has 0 unspecified atom stereocenters. The normalized spacial score (nSPS) is 7.71. The number of unbranched alkanes of at least 4 members (excludes halogenated alkanes) is 1. The molecule has 0 radical (unpaired) electrons. The summed E-state index contributed by atoms with van der Waals surface area (Å²) in [5, 5.41) is 8.16. The van der Waals surface area contributed by atoms with Crippen molar-refractivity contribution in [3.8, 4) is 0 Å². The Bertz CT molecular complexity index is 23.7. The van der Waals surface area contributed by atoms with E-state index in [1.54, 1.807) is 0 Å². The molecule has 7 heavy (non-hydrogen) atoms. The van der Waals surface area contributed by atoms with Crippen molar-refractivity contribution >= 4 is 42.2 Å². The van der Waals surface area contributed by atoms with E-state index in [9.17, 15) is 0 Å². The van der Waals surface area contributed by atoms with Crippen LogP contribution in [0.4, 0.5) is 0 Å². The molecule has 0 aliphatic rings. The van der Waals surface area contributed by atoms with Crippen molar-refractivity contribution in [3.05, 3.63) is 0 Å². The molecule has 40 valence electrons. The Morgan fingerprint density at radius 2 is 1.86 bits per heavy atom. The van der Waals surface area contributed by atoms with Gasteiger partial charge in [0.2, 0.25) is 0 Å². The van der Waals surface area contributed by atoms with Crippen LogP contribution in [0, 0.1) is 0 Å². The maximum atomic E-state index is 8.16. The molecule has 0 heterocycles. The van der Waals surface area contributed by atoms with Gasteiger partial charge in [-0.2, -0.15) is 12.6 Å². The molecule has 0 aromatic rings. The van der Waals surface area contributed by atoms with E-state index < -0.39 is 0 Å². The van der Waals surface area contributed by atoms with Crippen molar-refractivity contribution in [2.75, 3.05) is 12.4 Å². The predicted molar refractivity (Wildman–Crippen MR) is 37.3 cm³/mol. The Morgan fingerprint density at radius 3 is 2.00 bits per heavy atom. The molecule has 0 bridgehead atoms. The molecule has 1 N–H and O–H groups in total. The van der Waals surface area contributed by atoms with Crippen LogP contribution in [0.2, 0.25) is 0 Å². The number of rotatable bonds is 3. The second-order valence-corrected chi connectivity index (χ2v) is 1.60. The van der Waals surface area contributed by atoms with E-state index in [4.69, 9.17) is 5.11 Å². The summed E-state index contributed by atoms with van der Waals surface area (Å²) >= 11 is 3.94. The van der Waals surface area contributed by atoms with Crippen molar-refractivity contribution in [3.63, 3.8) is 0 Å². The van der Waals surface area contributed by atoms with Gasteiger partial charge in [0.25, 0.3) is 0 Å². The van der Waals surface area contributed by atoms with Gasteiger partial charge in [0.1, 0.15) is 0 Å². The monoisotopic (exact) mass is 130 g/mol. The molecule has 1 nitrogen and oxygen atoms in total. The third kappa shape index (κ3) is 11.1. The van der Waals surface area contributed by atoms with Gasteiger partial charge >= 0.3 is 29.6 Å². The first-order chi connectivity index (χ1) is 2.91. The number of aliphatic hydroxyl groups is 1. The summed E-state index contributed by atoms with van der Waals surface area (Å²) in [4.78, 5) is 0. The molecule has 0 atom stereocenters. The first-order valence-corrected chi connectivity index (χ1v) is 2.76. The Labute approximate surface area is 72.2 Å². The van der Waals surface area contributed by atoms with Crippen LogP contribution in [0.1, 0.15) is 12.8 Å². The Balaban J connectivity index is 0. The first kappa shape index (κ1) is 11.2. The summed E-state index contributed by atoms with van der Waals surface area (Å²) < 4.78 is 0. The zero-order valence-corrected chi connectivity index (χ0v) is 4.62. The van der Waals surface area contributed by atoms with Gasteiger partial charge in [-0.3, -0.25) is 0 Å². The molecular formula is C4H11NaOS. The number of hydrogen-bond donors (Lipinski definition) is 2. The fraction of sp³-hybridized carbons (Fsp3) is 1.00. The molecule has 0 saturated heterocycles. The minimum atomic E-state index is 0. The summed E-state index contributed by atoms with van der Waals surface area (Å²) in [5.74, 6) is 0.889. The maximum absolute atomic E-state index is 8.16. The Hall–Kier alpha value is 1.31. The standard InChI is InChI=1S/C4H10OS.Na.H/c5-3-1-2-4-6;;/h5-6H,1-4H2;;. The molecule has 0 rings (SSSR count). The summed E-state index contributed by atoms with van der Waals surface area (Å²) in [5.41, 5.74) is 0. The zero-order valence-electron chi connectivity index (χ0n) is 3.72. The van der Waals surface area contributed by atoms with Crippen molar-refractivity contribution in [2.24, 2.45) is 0 Å². The van der Waals surface area contributed by atoms with Crippen LogP contribution in [-0.4, -0.2) is 47.0 Å². The Kier molecular flexibility index (Phi) is 16.4. The van der Waals surface area contributed by atoms with Crippen molar-refractivity contribution in [1.29, 1.82) is 0 Å². The van der Waals surface area contributed by atoms with Crippen LogP contribution in [0.15, 0.2) is 0 Å². The second kappa shape index (κ2) is 10.3. The third-order valence-electron chi connectivity index (χ3n) is 0.566. The van der Waals surface area contributed by atoms with Gasteiger partial charge in [0.05, 0.1) is 0 Å². The summed E-state index contributed by atoms with van der Waals surface area (Å²) in [7, 11) is 0. The molecule has 0 aliphatic carbocycles. The van der Waals surface area contributed by atoms with Crippen LogP contribution in [0.5, 0.6) is 0 Å². The molecule has 0 spiro atoms. The van der Waals surface area contributed by atoms with Crippen LogP contribution >= 0.6 is 12.6 Å². The van der Waals surface area contributed by atoms with E-state index in [0.29, 0.717) is 6.61 Å².